The molecule has 1 fully saturated rings. The molecule has 118 valence electrons. The molecule has 0 aromatic carbocycles. The number of amides is 1. The Morgan fingerprint density at radius 1 is 1.30 bits per heavy atom. The first-order valence-electron chi connectivity index (χ1n) is 7.71. The van der Waals surface area contributed by atoms with Crippen LogP contribution in [0.2, 0.25) is 0 Å². The lowest BCUT2D eigenvalue weighted by Crippen LogP contribution is -2.40. The molecule has 2 N–H and O–H groups in total. The quantitative estimate of drug-likeness (QED) is 0.787. The van der Waals surface area contributed by atoms with Gasteiger partial charge in [-0.15, -0.1) is 0 Å². The van der Waals surface area contributed by atoms with E-state index in [1.54, 1.807) is 0 Å². The van der Waals surface area contributed by atoms with Gasteiger partial charge in [0, 0.05) is 19.1 Å². The number of ether oxygens (including phenoxy) is 1. The highest BCUT2D eigenvalue weighted by molar-refractivity contribution is 5.67. The maximum Gasteiger partial charge on any atom is 0.407 e. The van der Waals surface area contributed by atoms with Gasteiger partial charge in [0.2, 0.25) is 0 Å². The van der Waals surface area contributed by atoms with Gasteiger partial charge in [0.05, 0.1) is 0 Å². The second kappa shape index (κ2) is 6.33. The van der Waals surface area contributed by atoms with Gasteiger partial charge < -0.3 is 15.4 Å². The highest BCUT2D eigenvalue weighted by Crippen LogP contribution is 2.44. The number of carbonyl (C=O) groups excluding carboxylic acids is 1. The van der Waals surface area contributed by atoms with Crippen LogP contribution in [0.5, 0.6) is 0 Å². The van der Waals surface area contributed by atoms with E-state index in [1.807, 2.05) is 20.8 Å². The Morgan fingerprint density at radius 2 is 1.85 bits per heavy atom. The van der Waals surface area contributed by atoms with E-state index in [-0.39, 0.29) is 6.09 Å². The Morgan fingerprint density at radius 3 is 2.25 bits per heavy atom. The average molecular weight is 284 g/mol. The lowest BCUT2D eigenvalue weighted by Gasteiger charge is -2.24. The van der Waals surface area contributed by atoms with E-state index in [2.05, 4.69) is 38.3 Å². The number of alkyl carbamates (subject to hydrolysis) is 1. The van der Waals surface area contributed by atoms with Crippen LogP contribution < -0.4 is 10.6 Å². The van der Waals surface area contributed by atoms with Gasteiger partial charge in [0.1, 0.15) is 5.60 Å². The van der Waals surface area contributed by atoms with Crippen molar-refractivity contribution in [1.29, 1.82) is 0 Å². The second-order valence-electron chi connectivity index (χ2n) is 8.04. The molecule has 0 aromatic rings. The second-order valence-corrected chi connectivity index (χ2v) is 8.04. The maximum absolute atomic E-state index is 11.7. The van der Waals surface area contributed by atoms with Crippen molar-refractivity contribution in [2.75, 3.05) is 13.1 Å². The van der Waals surface area contributed by atoms with Gasteiger partial charge in [-0.2, -0.15) is 0 Å². The number of hydrogen-bond donors (Lipinski definition) is 2. The van der Waals surface area contributed by atoms with Crippen LogP contribution in [0.3, 0.4) is 0 Å². The summed E-state index contributed by atoms with van der Waals surface area (Å²) in [4.78, 5) is 11.7. The van der Waals surface area contributed by atoms with Crippen LogP contribution in [0.15, 0.2) is 0 Å². The first kappa shape index (κ1) is 17.3. The zero-order valence-electron chi connectivity index (χ0n) is 14.2. The van der Waals surface area contributed by atoms with Crippen molar-refractivity contribution in [2.45, 2.75) is 66.5 Å². The van der Waals surface area contributed by atoms with Crippen molar-refractivity contribution in [1.82, 2.24) is 10.6 Å². The van der Waals surface area contributed by atoms with Crippen molar-refractivity contribution < 1.29 is 9.53 Å². The Kier molecular flexibility index (Phi) is 5.47. The Hall–Kier alpha value is -0.770. The first-order valence-corrected chi connectivity index (χ1v) is 7.71. The normalized spacial score (nSPS) is 22.5. The van der Waals surface area contributed by atoms with Gasteiger partial charge in [0.25, 0.3) is 0 Å². The third kappa shape index (κ3) is 6.12. The molecular weight excluding hydrogens is 252 g/mol. The molecule has 2 atom stereocenters. The van der Waals surface area contributed by atoms with Crippen LogP contribution in [-0.2, 0) is 4.74 Å². The monoisotopic (exact) mass is 284 g/mol. The summed E-state index contributed by atoms with van der Waals surface area (Å²) < 4.78 is 5.27. The summed E-state index contributed by atoms with van der Waals surface area (Å²) in [6, 6.07) is 0.630. The molecule has 0 radical (unpaired) electrons. The van der Waals surface area contributed by atoms with E-state index in [4.69, 9.17) is 4.74 Å². The van der Waals surface area contributed by atoms with Crippen LogP contribution in [0.25, 0.3) is 0 Å². The third-order valence-corrected chi connectivity index (χ3v) is 3.99. The molecule has 0 spiro atoms. The molecule has 0 saturated heterocycles. The standard InChI is InChI=1S/C16H32N2O2/c1-11(2)12(9-17-13-8-16(13,6)7)10-18-14(19)20-15(3,4)5/h11-13,17H,8-10H2,1-7H3,(H,18,19). The fourth-order valence-electron chi connectivity index (χ4n) is 2.18. The van der Waals surface area contributed by atoms with E-state index < -0.39 is 5.60 Å². The van der Waals surface area contributed by atoms with Crippen molar-refractivity contribution >= 4 is 6.09 Å². The summed E-state index contributed by atoms with van der Waals surface area (Å²) in [6.45, 7) is 16.2. The molecule has 20 heavy (non-hydrogen) atoms. The molecule has 4 nitrogen and oxygen atoms in total. The summed E-state index contributed by atoms with van der Waals surface area (Å²) in [6.07, 6.45) is 0.923. The highest BCUT2D eigenvalue weighted by Gasteiger charge is 2.45. The largest absolute Gasteiger partial charge is 0.444 e. The lowest BCUT2D eigenvalue weighted by atomic mass is 9.95. The molecule has 1 saturated carbocycles. The van der Waals surface area contributed by atoms with Crippen molar-refractivity contribution in [3.05, 3.63) is 0 Å². The predicted molar refractivity (Wildman–Crippen MR) is 82.8 cm³/mol. The molecule has 0 aromatic heterocycles. The molecule has 0 bridgehead atoms. The summed E-state index contributed by atoms with van der Waals surface area (Å²) in [5, 5.41) is 6.49. The van der Waals surface area contributed by atoms with Crippen LogP contribution >= 0.6 is 0 Å². The van der Waals surface area contributed by atoms with Crippen LogP contribution in [0.4, 0.5) is 4.79 Å². The number of rotatable bonds is 6. The van der Waals surface area contributed by atoms with Crippen LogP contribution in [-0.4, -0.2) is 30.8 Å². The summed E-state index contributed by atoms with van der Waals surface area (Å²) in [7, 11) is 0. The van der Waals surface area contributed by atoms with E-state index in [1.165, 1.54) is 6.42 Å². The lowest BCUT2D eigenvalue weighted by molar-refractivity contribution is 0.0514. The first-order chi connectivity index (χ1) is 9.01. The SMILES string of the molecule is CC(C)C(CNC(=O)OC(C)(C)C)CNC1CC1(C)C. The zero-order chi connectivity index (χ0) is 15.6. The molecule has 1 aliphatic rings. The Bertz CT molecular complexity index is 332. The van der Waals surface area contributed by atoms with E-state index in [0.717, 1.165) is 6.54 Å². The summed E-state index contributed by atoms with van der Waals surface area (Å²) in [5.41, 5.74) is 0.00776. The number of carbonyl (C=O) groups is 1. The van der Waals surface area contributed by atoms with E-state index in [9.17, 15) is 4.79 Å². The predicted octanol–water partition coefficient (Wildman–Crippen LogP) is 3.17. The molecule has 1 aliphatic carbocycles. The van der Waals surface area contributed by atoms with Crippen molar-refractivity contribution in [3.8, 4) is 0 Å². The van der Waals surface area contributed by atoms with E-state index in [0.29, 0.717) is 29.8 Å². The van der Waals surface area contributed by atoms with Gasteiger partial charge >= 0.3 is 6.09 Å². The highest BCUT2D eigenvalue weighted by atomic mass is 16.6. The Balaban J connectivity index is 2.30. The topological polar surface area (TPSA) is 50.4 Å². The number of nitrogens with one attached hydrogen (secondary N) is 2. The minimum Gasteiger partial charge on any atom is -0.444 e. The van der Waals surface area contributed by atoms with Crippen molar-refractivity contribution in [2.24, 2.45) is 17.3 Å². The minimum absolute atomic E-state index is 0.324. The van der Waals surface area contributed by atoms with E-state index >= 15 is 0 Å². The molecule has 0 aliphatic heterocycles. The minimum atomic E-state index is -0.437. The number of hydrogen-bond acceptors (Lipinski definition) is 3. The third-order valence-electron chi connectivity index (χ3n) is 3.99. The summed E-state index contributed by atoms with van der Waals surface area (Å²) in [5.74, 6) is 0.957. The van der Waals surface area contributed by atoms with Gasteiger partial charge in [0.15, 0.2) is 0 Å². The summed E-state index contributed by atoms with van der Waals surface area (Å²) >= 11 is 0. The molecule has 1 amide bonds. The zero-order valence-corrected chi connectivity index (χ0v) is 14.2. The average Bonchev–Trinajstić information content (AvgIpc) is 2.83. The molecule has 1 rings (SSSR count). The Labute approximate surface area is 124 Å². The maximum atomic E-state index is 11.7. The molecule has 2 unspecified atom stereocenters. The van der Waals surface area contributed by atoms with Crippen LogP contribution in [0, 0.1) is 17.3 Å². The fraction of sp³-hybridized carbons (Fsp3) is 0.938. The molecule has 4 heteroatoms. The van der Waals surface area contributed by atoms with Crippen molar-refractivity contribution in [3.63, 3.8) is 0 Å². The van der Waals surface area contributed by atoms with Gasteiger partial charge in [-0.25, -0.2) is 4.79 Å². The molecule has 0 heterocycles. The van der Waals surface area contributed by atoms with Gasteiger partial charge in [-0.1, -0.05) is 27.7 Å². The van der Waals surface area contributed by atoms with Gasteiger partial charge in [-0.05, 0) is 44.4 Å². The molecular formula is C16H32N2O2. The smallest absolute Gasteiger partial charge is 0.407 e. The van der Waals surface area contributed by atoms with Crippen LogP contribution in [0.1, 0.15) is 54.9 Å². The fourth-order valence-corrected chi connectivity index (χ4v) is 2.18. The van der Waals surface area contributed by atoms with Gasteiger partial charge in [-0.3, -0.25) is 0 Å².